The summed E-state index contributed by atoms with van der Waals surface area (Å²) < 4.78 is 5.37. The molecule has 0 N–H and O–H groups in total. The topological polar surface area (TPSA) is 12.5 Å². The zero-order valence-corrected chi connectivity index (χ0v) is 19.0. The zero-order valence-electron chi connectivity index (χ0n) is 18.2. The number of likely N-dealkylation sites (N-methyl/N-ethyl adjacent to an activating group) is 1. The molecule has 26 heavy (non-hydrogen) atoms. The number of hydrogen-bond acceptors (Lipinski definition) is 2. The molecule has 0 saturated carbocycles. The lowest BCUT2D eigenvalue weighted by atomic mass is 10.0. The fraction of sp³-hybridized carbons (Fsp3) is 1.00. The van der Waals surface area contributed by atoms with Crippen LogP contribution in [0.5, 0.6) is 0 Å². The number of nitrogens with zero attached hydrogens (tertiary/aromatic N) is 1. The summed E-state index contributed by atoms with van der Waals surface area (Å²) in [5, 5.41) is 0. The summed E-state index contributed by atoms with van der Waals surface area (Å²) in [5.41, 5.74) is -0.161. The maximum Gasteiger partial charge on any atom is 0.143 e. The summed E-state index contributed by atoms with van der Waals surface area (Å²) in [7, 11) is 2.14. The van der Waals surface area contributed by atoms with Crippen LogP contribution in [0.4, 0.5) is 0 Å². The molecule has 0 fully saturated rings. The van der Waals surface area contributed by atoms with Gasteiger partial charge in [-0.05, 0) is 26.9 Å². The highest BCUT2D eigenvalue weighted by Crippen LogP contribution is 2.13. The van der Waals surface area contributed by atoms with Crippen molar-refractivity contribution < 1.29 is 4.74 Å². The fourth-order valence-electron chi connectivity index (χ4n) is 3.50. The van der Waals surface area contributed by atoms with Gasteiger partial charge in [-0.2, -0.15) is 0 Å². The lowest BCUT2D eigenvalue weighted by Gasteiger charge is -2.19. The van der Waals surface area contributed by atoms with Crippen molar-refractivity contribution in [3.63, 3.8) is 0 Å². The SMILES string of the molecule is CCCCCCCCCCCCCCCCCCN(C)CC(Cl)OCC. The van der Waals surface area contributed by atoms with Crippen LogP contribution in [0, 0.1) is 0 Å². The first kappa shape index (κ1) is 26.2. The van der Waals surface area contributed by atoms with Gasteiger partial charge in [0.1, 0.15) is 5.56 Å². The second kappa shape index (κ2) is 21.5. The van der Waals surface area contributed by atoms with E-state index < -0.39 is 0 Å². The minimum atomic E-state index is -0.161. The fourth-order valence-corrected chi connectivity index (χ4v) is 3.86. The Morgan fingerprint density at radius 2 is 1.04 bits per heavy atom. The van der Waals surface area contributed by atoms with Crippen LogP contribution in [-0.2, 0) is 4.74 Å². The Hall–Kier alpha value is 0.210. The van der Waals surface area contributed by atoms with Crippen molar-refractivity contribution in [2.45, 2.75) is 122 Å². The van der Waals surface area contributed by atoms with Crippen LogP contribution in [0.1, 0.15) is 117 Å². The number of halogens is 1. The van der Waals surface area contributed by atoms with Crippen LogP contribution >= 0.6 is 11.6 Å². The molecule has 3 heteroatoms. The molecule has 0 aromatic heterocycles. The first-order valence-corrected chi connectivity index (χ1v) is 12.1. The van der Waals surface area contributed by atoms with Crippen LogP contribution in [0.2, 0.25) is 0 Å². The third-order valence-electron chi connectivity index (χ3n) is 5.20. The molecule has 0 aliphatic rings. The van der Waals surface area contributed by atoms with E-state index in [1.165, 1.54) is 103 Å². The van der Waals surface area contributed by atoms with Crippen molar-refractivity contribution >= 4 is 11.6 Å². The van der Waals surface area contributed by atoms with Crippen LogP contribution in [0.3, 0.4) is 0 Å². The van der Waals surface area contributed by atoms with Crippen molar-refractivity contribution in [1.29, 1.82) is 0 Å². The first-order valence-electron chi connectivity index (χ1n) is 11.6. The molecule has 0 aliphatic carbocycles. The Labute approximate surface area is 170 Å². The molecule has 1 unspecified atom stereocenters. The van der Waals surface area contributed by atoms with Gasteiger partial charge in [-0.25, -0.2) is 0 Å². The molecular formula is C23H48ClNO. The Morgan fingerprint density at radius 3 is 1.42 bits per heavy atom. The molecule has 0 saturated heterocycles. The van der Waals surface area contributed by atoms with Crippen LogP contribution in [0.15, 0.2) is 0 Å². The zero-order chi connectivity index (χ0) is 19.3. The van der Waals surface area contributed by atoms with E-state index in [0.29, 0.717) is 6.61 Å². The largest absolute Gasteiger partial charge is 0.361 e. The maximum absolute atomic E-state index is 6.09. The molecule has 0 heterocycles. The van der Waals surface area contributed by atoms with Gasteiger partial charge < -0.3 is 9.64 Å². The van der Waals surface area contributed by atoms with E-state index in [0.717, 1.165) is 13.1 Å². The average molecular weight is 390 g/mol. The summed E-state index contributed by atoms with van der Waals surface area (Å²) >= 11 is 6.09. The quantitative estimate of drug-likeness (QED) is 0.147. The predicted molar refractivity (Wildman–Crippen MR) is 118 cm³/mol. The van der Waals surface area contributed by atoms with Crippen molar-refractivity contribution in [3.8, 4) is 0 Å². The molecule has 1 atom stereocenters. The molecule has 2 nitrogen and oxygen atoms in total. The van der Waals surface area contributed by atoms with E-state index in [1.807, 2.05) is 6.92 Å². The molecule has 0 aromatic carbocycles. The van der Waals surface area contributed by atoms with Crippen LogP contribution < -0.4 is 0 Å². The molecule has 0 spiro atoms. The van der Waals surface area contributed by atoms with E-state index in [2.05, 4.69) is 18.9 Å². The maximum atomic E-state index is 6.09. The predicted octanol–water partition coefficient (Wildman–Crippen LogP) is 7.78. The molecule has 0 rings (SSSR count). The second-order valence-corrected chi connectivity index (χ2v) is 8.42. The molecule has 0 bridgehead atoms. The smallest absolute Gasteiger partial charge is 0.143 e. The summed E-state index contributed by atoms with van der Waals surface area (Å²) in [6.45, 7) is 6.94. The van der Waals surface area contributed by atoms with E-state index in [4.69, 9.17) is 16.3 Å². The highest BCUT2D eigenvalue weighted by atomic mass is 35.5. The summed E-state index contributed by atoms with van der Waals surface area (Å²) in [6.07, 6.45) is 22.8. The number of hydrogen-bond donors (Lipinski definition) is 0. The Kier molecular flexibility index (Phi) is 21.7. The lowest BCUT2D eigenvalue weighted by Crippen LogP contribution is -2.28. The number of ether oxygens (including phenoxy) is 1. The molecule has 158 valence electrons. The van der Waals surface area contributed by atoms with Crippen LogP contribution in [-0.4, -0.2) is 37.2 Å². The Morgan fingerprint density at radius 1 is 0.654 bits per heavy atom. The Balaban J connectivity index is 3.13. The van der Waals surface area contributed by atoms with Crippen LogP contribution in [0.25, 0.3) is 0 Å². The van der Waals surface area contributed by atoms with E-state index >= 15 is 0 Å². The normalized spacial score (nSPS) is 12.8. The molecule has 0 aliphatic heterocycles. The average Bonchev–Trinajstić information content (AvgIpc) is 2.61. The van der Waals surface area contributed by atoms with E-state index in [-0.39, 0.29) is 5.56 Å². The molecule has 0 radical (unpaired) electrons. The van der Waals surface area contributed by atoms with Crippen molar-refractivity contribution in [3.05, 3.63) is 0 Å². The van der Waals surface area contributed by atoms with Gasteiger partial charge in [0.2, 0.25) is 0 Å². The first-order chi connectivity index (χ1) is 12.7. The molecule has 0 aromatic rings. The van der Waals surface area contributed by atoms with Gasteiger partial charge in [-0.3, -0.25) is 0 Å². The molecule has 0 amide bonds. The van der Waals surface area contributed by atoms with E-state index in [9.17, 15) is 0 Å². The highest BCUT2D eigenvalue weighted by Gasteiger charge is 2.07. The summed E-state index contributed by atoms with van der Waals surface area (Å²) in [4.78, 5) is 2.29. The Bertz CT molecular complexity index is 263. The molecular weight excluding hydrogens is 342 g/mol. The minimum absolute atomic E-state index is 0.161. The van der Waals surface area contributed by atoms with Crippen molar-refractivity contribution in [2.24, 2.45) is 0 Å². The second-order valence-electron chi connectivity index (χ2n) is 7.93. The summed E-state index contributed by atoms with van der Waals surface area (Å²) in [6, 6.07) is 0. The van der Waals surface area contributed by atoms with Gasteiger partial charge in [0.25, 0.3) is 0 Å². The highest BCUT2D eigenvalue weighted by molar-refractivity contribution is 6.19. The van der Waals surface area contributed by atoms with Gasteiger partial charge in [-0.15, -0.1) is 0 Å². The number of unbranched alkanes of at least 4 members (excludes halogenated alkanes) is 15. The lowest BCUT2D eigenvalue weighted by molar-refractivity contribution is 0.0921. The van der Waals surface area contributed by atoms with Crippen molar-refractivity contribution in [1.82, 2.24) is 4.90 Å². The number of rotatable bonds is 21. The summed E-state index contributed by atoms with van der Waals surface area (Å²) in [5.74, 6) is 0. The van der Waals surface area contributed by atoms with Crippen molar-refractivity contribution in [2.75, 3.05) is 26.7 Å². The van der Waals surface area contributed by atoms with E-state index in [1.54, 1.807) is 0 Å². The van der Waals surface area contributed by atoms with Gasteiger partial charge in [0, 0.05) is 13.2 Å². The van der Waals surface area contributed by atoms with Gasteiger partial charge >= 0.3 is 0 Å². The minimum Gasteiger partial charge on any atom is -0.361 e. The number of alkyl halides is 1. The monoisotopic (exact) mass is 389 g/mol. The standard InChI is InChI=1S/C23H48ClNO/c1-4-6-7-8-9-10-11-12-13-14-15-16-17-18-19-20-21-25(3)22-23(24)26-5-2/h23H,4-22H2,1-3H3. The van der Waals surface area contributed by atoms with Gasteiger partial charge in [0.15, 0.2) is 0 Å². The van der Waals surface area contributed by atoms with Gasteiger partial charge in [-0.1, -0.05) is 115 Å². The van der Waals surface area contributed by atoms with Gasteiger partial charge in [0.05, 0.1) is 0 Å². The third-order valence-corrected chi connectivity index (χ3v) is 5.46. The third kappa shape index (κ3) is 20.5.